The van der Waals surface area contributed by atoms with Crippen LogP contribution in [0, 0.1) is 0 Å². The third kappa shape index (κ3) is 1.97. The topological polar surface area (TPSA) is 46.5 Å². The molecule has 0 saturated carbocycles. The van der Waals surface area contributed by atoms with Crippen molar-refractivity contribution in [3.8, 4) is 0 Å². The van der Waals surface area contributed by atoms with E-state index in [9.17, 15) is 4.79 Å². The first kappa shape index (κ1) is 8.11. The molecule has 0 atom stereocenters. The van der Waals surface area contributed by atoms with Crippen molar-refractivity contribution in [3.63, 3.8) is 0 Å². The Balaban J connectivity index is 2.71. The lowest BCUT2D eigenvalue weighted by Gasteiger charge is -2.29. The maximum Gasteiger partial charge on any atom is 0.370 e. The Hall–Kier alpha value is -0.990. The van der Waals surface area contributed by atoms with Crippen LogP contribution >= 0.6 is 0 Å². The lowest BCUT2D eigenvalue weighted by molar-refractivity contribution is -0.140. The van der Waals surface area contributed by atoms with Crippen molar-refractivity contribution in [2.75, 3.05) is 0 Å². The molecule has 0 saturated heterocycles. The van der Waals surface area contributed by atoms with E-state index in [0.717, 1.165) is 12.8 Å². The van der Waals surface area contributed by atoms with Crippen molar-refractivity contribution in [2.24, 2.45) is 0 Å². The van der Waals surface area contributed by atoms with E-state index >= 15 is 0 Å². The Morgan fingerprint density at radius 1 is 1.73 bits per heavy atom. The second kappa shape index (κ2) is 2.57. The van der Waals surface area contributed by atoms with E-state index in [0.29, 0.717) is 0 Å². The van der Waals surface area contributed by atoms with Crippen LogP contribution in [0.1, 0.15) is 26.7 Å². The molecule has 0 aromatic heterocycles. The van der Waals surface area contributed by atoms with Crippen LogP contribution in [-0.2, 0) is 9.53 Å². The molecule has 1 aliphatic heterocycles. The first-order valence-corrected chi connectivity index (χ1v) is 3.64. The fourth-order valence-corrected chi connectivity index (χ4v) is 1.07. The van der Waals surface area contributed by atoms with E-state index in [1.54, 1.807) is 6.08 Å². The van der Waals surface area contributed by atoms with Crippen LogP contribution in [0.2, 0.25) is 0 Å². The van der Waals surface area contributed by atoms with Crippen LogP contribution in [0.5, 0.6) is 0 Å². The predicted octanol–water partition coefficient (Wildman–Crippen LogP) is 1.54. The Bertz CT molecular complexity index is 203. The van der Waals surface area contributed by atoms with Gasteiger partial charge in [-0.15, -0.1) is 0 Å². The number of hydrogen-bond donors (Lipinski definition) is 1. The highest BCUT2D eigenvalue weighted by atomic mass is 16.5. The van der Waals surface area contributed by atoms with Crippen molar-refractivity contribution in [1.29, 1.82) is 0 Å². The Morgan fingerprint density at radius 2 is 2.36 bits per heavy atom. The van der Waals surface area contributed by atoms with Crippen molar-refractivity contribution >= 4 is 5.97 Å². The van der Waals surface area contributed by atoms with Gasteiger partial charge in [0, 0.05) is 0 Å². The molecule has 11 heavy (non-hydrogen) atoms. The Kier molecular flexibility index (Phi) is 1.89. The monoisotopic (exact) mass is 156 g/mol. The summed E-state index contributed by atoms with van der Waals surface area (Å²) < 4.78 is 5.20. The minimum atomic E-state index is -0.974. The molecule has 0 spiro atoms. The summed E-state index contributed by atoms with van der Waals surface area (Å²) in [6, 6.07) is 0. The van der Waals surface area contributed by atoms with Crippen LogP contribution < -0.4 is 0 Å². The molecule has 0 aromatic rings. The van der Waals surface area contributed by atoms with Gasteiger partial charge in [0.25, 0.3) is 0 Å². The van der Waals surface area contributed by atoms with Gasteiger partial charge >= 0.3 is 5.97 Å². The maximum atomic E-state index is 10.4. The van der Waals surface area contributed by atoms with E-state index in [2.05, 4.69) is 0 Å². The van der Waals surface area contributed by atoms with Gasteiger partial charge in [-0.25, -0.2) is 4.79 Å². The maximum absolute atomic E-state index is 10.4. The molecule has 62 valence electrons. The molecule has 0 bridgehead atoms. The summed E-state index contributed by atoms with van der Waals surface area (Å²) in [7, 11) is 0. The van der Waals surface area contributed by atoms with Gasteiger partial charge in [0.05, 0.1) is 0 Å². The van der Waals surface area contributed by atoms with Gasteiger partial charge in [-0.3, -0.25) is 0 Å². The van der Waals surface area contributed by atoms with E-state index in [4.69, 9.17) is 9.84 Å². The molecule has 0 amide bonds. The zero-order valence-electron chi connectivity index (χ0n) is 6.76. The van der Waals surface area contributed by atoms with Crippen molar-refractivity contribution in [2.45, 2.75) is 32.3 Å². The number of carboxylic acids is 1. The van der Waals surface area contributed by atoms with Gasteiger partial charge < -0.3 is 9.84 Å². The second-order valence-electron chi connectivity index (χ2n) is 3.27. The molecule has 0 fully saturated rings. The summed E-state index contributed by atoms with van der Waals surface area (Å²) >= 11 is 0. The second-order valence-corrected chi connectivity index (χ2v) is 3.27. The summed E-state index contributed by atoms with van der Waals surface area (Å²) in [5, 5.41) is 8.58. The highest BCUT2D eigenvalue weighted by Crippen LogP contribution is 2.26. The number of hydrogen-bond acceptors (Lipinski definition) is 2. The van der Waals surface area contributed by atoms with Crippen molar-refractivity contribution in [1.82, 2.24) is 0 Å². The van der Waals surface area contributed by atoms with Gasteiger partial charge in [0.2, 0.25) is 5.76 Å². The first-order valence-electron chi connectivity index (χ1n) is 3.64. The lowest BCUT2D eigenvalue weighted by Crippen LogP contribution is -2.28. The highest BCUT2D eigenvalue weighted by molar-refractivity contribution is 5.84. The van der Waals surface area contributed by atoms with Gasteiger partial charge in [0.1, 0.15) is 5.60 Å². The molecule has 0 aliphatic carbocycles. The predicted molar refractivity (Wildman–Crippen MR) is 40.1 cm³/mol. The number of aliphatic carboxylic acids is 1. The number of ether oxygens (including phenoxy) is 1. The highest BCUT2D eigenvalue weighted by Gasteiger charge is 2.26. The quantitative estimate of drug-likeness (QED) is 0.626. The molecule has 3 nitrogen and oxygen atoms in total. The molecule has 0 radical (unpaired) electrons. The largest absolute Gasteiger partial charge is 0.481 e. The molecular formula is C8H12O3. The van der Waals surface area contributed by atoms with Crippen LogP contribution in [0.4, 0.5) is 0 Å². The fourth-order valence-electron chi connectivity index (χ4n) is 1.07. The minimum Gasteiger partial charge on any atom is -0.481 e. The van der Waals surface area contributed by atoms with E-state index in [-0.39, 0.29) is 11.4 Å². The van der Waals surface area contributed by atoms with E-state index in [1.165, 1.54) is 0 Å². The van der Waals surface area contributed by atoms with Gasteiger partial charge in [0.15, 0.2) is 0 Å². The average molecular weight is 156 g/mol. The van der Waals surface area contributed by atoms with E-state index in [1.807, 2.05) is 13.8 Å². The summed E-state index contributed by atoms with van der Waals surface area (Å²) in [5.74, 6) is -0.890. The molecule has 3 heteroatoms. The SMILES string of the molecule is CC1(C)CCC=C(C(=O)O)O1. The minimum absolute atomic E-state index is 0.0845. The lowest BCUT2D eigenvalue weighted by atomic mass is 10.00. The van der Waals surface area contributed by atoms with Gasteiger partial charge in [-0.2, -0.15) is 0 Å². The fraction of sp³-hybridized carbons (Fsp3) is 0.625. The zero-order chi connectivity index (χ0) is 8.48. The standard InChI is InChI=1S/C8H12O3/c1-8(2)5-3-4-6(11-8)7(9)10/h4H,3,5H2,1-2H3,(H,9,10). The van der Waals surface area contributed by atoms with E-state index < -0.39 is 5.97 Å². The summed E-state index contributed by atoms with van der Waals surface area (Å²) in [6.07, 6.45) is 3.28. The van der Waals surface area contributed by atoms with Crippen LogP contribution in [-0.4, -0.2) is 16.7 Å². The normalized spacial score (nSPS) is 21.8. The number of allylic oxidation sites excluding steroid dienone is 1. The number of carbonyl (C=O) groups is 1. The zero-order valence-corrected chi connectivity index (χ0v) is 6.76. The molecular weight excluding hydrogens is 144 g/mol. The Morgan fingerprint density at radius 3 is 2.73 bits per heavy atom. The molecule has 1 N–H and O–H groups in total. The van der Waals surface area contributed by atoms with Crippen LogP contribution in [0.25, 0.3) is 0 Å². The molecule has 0 unspecified atom stereocenters. The summed E-state index contributed by atoms with van der Waals surface area (Å²) in [6.45, 7) is 3.78. The molecule has 1 aliphatic rings. The van der Waals surface area contributed by atoms with Crippen LogP contribution in [0.15, 0.2) is 11.8 Å². The number of rotatable bonds is 1. The van der Waals surface area contributed by atoms with Crippen LogP contribution in [0.3, 0.4) is 0 Å². The molecule has 1 heterocycles. The van der Waals surface area contributed by atoms with Crippen molar-refractivity contribution in [3.05, 3.63) is 11.8 Å². The summed E-state index contributed by atoms with van der Waals surface area (Å²) in [4.78, 5) is 10.4. The Labute approximate surface area is 65.7 Å². The molecule has 0 aromatic carbocycles. The average Bonchev–Trinajstić information content (AvgIpc) is 1.85. The molecule has 1 rings (SSSR count). The third-order valence-corrected chi connectivity index (χ3v) is 1.67. The summed E-state index contributed by atoms with van der Waals surface area (Å²) in [5.41, 5.74) is -0.317. The van der Waals surface area contributed by atoms with Gasteiger partial charge in [-0.05, 0) is 32.8 Å². The smallest absolute Gasteiger partial charge is 0.370 e. The van der Waals surface area contributed by atoms with Crippen molar-refractivity contribution < 1.29 is 14.6 Å². The number of carboxylic acid groups (broad SMARTS) is 1. The van der Waals surface area contributed by atoms with Gasteiger partial charge in [-0.1, -0.05) is 0 Å². The first-order chi connectivity index (χ1) is 5.01. The third-order valence-electron chi connectivity index (χ3n) is 1.67.